The fraction of sp³-hybridized carbons (Fsp3) is 0.682. The summed E-state index contributed by atoms with van der Waals surface area (Å²) >= 11 is 0. The van der Waals surface area contributed by atoms with Crippen molar-refractivity contribution in [2.45, 2.75) is 45.4 Å². The van der Waals surface area contributed by atoms with Gasteiger partial charge in [-0.15, -0.1) is 0 Å². The van der Waals surface area contributed by atoms with Crippen LogP contribution in [-0.2, 0) is 11.2 Å². The molecule has 0 bridgehead atoms. The van der Waals surface area contributed by atoms with Crippen LogP contribution in [0.2, 0.25) is 0 Å². The van der Waals surface area contributed by atoms with Crippen LogP contribution in [0.3, 0.4) is 0 Å². The molecule has 0 aromatic heterocycles. The molecule has 1 aliphatic rings. The highest BCUT2D eigenvalue weighted by atomic mass is 16.5. The van der Waals surface area contributed by atoms with Crippen LogP contribution < -0.4 is 20.1 Å². The van der Waals surface area contributed by atoms with Gasteiger partial charge >= 0.3 is 0 Å². The smallest absolute Gasteiger partial charge is 0.191 e. The van der Waals surface area contributed by atoms with Crippen molar-refractivity contribution < 1.29 is 14.2 Å². The summed E-state index contributed by atoms with van der Waals surface area (Å²) in [6.07, 6.45) is 7.19. The van der Waals surface area contributed by atoms with Gasteiger partial charge in [-0.1, -0.05) is 18.9 Å². The monoisotopic (exact) mass is 391 g/mol. The molecule has 1 saturated carbocycles. The Morgan fingerprint density at radius 3 is 2.50 bits per heavy atom. The van der Waals surface area contributed by atoms with Gasteiger partial charge in [0.2, 0.25) is 0 Å². The van der Waals surface area contributed by atoms with Crippen LogP contribution >= 0.6 is 0 Å². The molecule has 0 heterocycles. The largest absolute Gasteiger partial charge is 0.493 e. The van der Waals surface area contributed by atoms with Crippen molar-refractivity contribution in [3.63, 3.8) is 0 Å². The molecule has 1 aromatic carbocycles. The number of hydrogen-bond acceptors (Lipinski definition) is 4. The molecule has 0 amide bonds. The Hall–Kier alpha value is -1.95. The van der Waals surface area contributed by atoms with Crippen molar-refractivity contribution in [3.8, 4) is 11.5 Å². The third-order valence-corrected chi connectivity index (χ3v) is 5.65. The fourth-order valence-corrected chi connectivity index (χ4v) is 3.93. The lowest BCUT2D eigenvalue weighted by Gasteiger charge is -2.30. The van der Waals surface area contributed by atoms with Gasteiger partial charge in [0.1, 0.15) is 0 Å². The van der Waals surface area contributed by atoms with E-state index >= 15 is 0 Å². The van der Waals surface area contributed by atoms with E-state index < -0.39 is 0 Å². The number of benzene rings is 1. The van der Waals surface area contributed by atoms with Crippen molar-refractivity contribution in [3.05, 3.63) is 23.8 Å². The summed E-state index contributed by atoms with van der Waals surface area (Å²) < 4.78 is 16.3. The normalized spacial score (nSPS) is 16.1. The molecule has 0 radical (unpaired) electrons. The Morgan fingerprint density at radius 2 is 1.86 bits per heavy atom. The van der Waals surface area contributed by atoms with Crippen molar-refractivity contribution in [1.29, 1.82) is 0 Å². The van der Waals surface area contributed by atoms with Crippen LogP contribution in [0.4, 0.5) is 0 Å². The van der Waals surface area contributed by atoms with Gasteiger partial charge in [-0.2, -0.15) is 0 Å². The van der Waals surface area contributed by atoms with Gasteiger partial charge < -0.3 is 24.8 Å². The van der Waals surface area contributed by atoms with E-state index in [2.05, 4.69) is 28.6 Å². The second kappa shape index (κ2) is 11.8. The van der Waals surface area contributed by atoms with Crippen LogP contribution in [0.15, 0.2) is 23.2 Å². The number of nitrogens with one attached hydrogen (secondary N) is 2. The van der Waals surface area contributed by atoms with Gasteiger partial charge in [0.25, 0.3) is 0 Å². The first-order valence-corrected chi connectivity index (χ1v) is 10.4. The van der Waals surface area contributed by atoms with E-state index in [-0.39, 0.29) is 0 Å². The van der Waals surface area contributed by atoms with Gasteiger partial charge in [-0.25, -0.2) is 0 Å². The molecular weight excluding hydrogens is 354 g/mol. The zero-order chi connectivity index (χ0) is 20.2. The summed E-state index contributed by atoms with van der Waals surface area (Å²) in [6, 6.07) is 6.04. The predicted molar refractivity (Wildman–Crippen MR) is 115 cm³/mol. The van der Waals surface area contributed by atoms with Gasteiger partial charge in [0.05, 0.1) is 14.2 Å². The molecule has 0 aliphatic heterocycles. The predicted octanol–water partition coefficient (Wildman–Crippen LogP) is 3.40. The molecule has 158 valence electrons. The number of hydrogen-bond donors (Lipinski definition) is 2. The Bertz CT molecular complexity index is 613. The van der Waals surface area contributed by atoms with E-state index in [4.69, 9.17) is 14.2 Å². The highest BCUT2D eigenvalue weighted by Crippen LogP contribution is 2.40. The van der Waals surface area contributed by atoms with E-state index in [1.807, 2.05) is 19.2 Å². The number of guanidine groups is 1. The average Bonchev–Trinajstić information content (AvgIpc) is 3.19. The van der Waals surface area contributed by atoms with E-state index in [1.54, 1.807) is 14.2 Å². The van der Waals surface area contributed by atoms with Crippen molar-refractivity contribution in [2.24, 2.45) is 10.4 Å². The second-order valence-electron chi connectivity index (χ2n) is 7.45. The van der Waals surface area contributed by atoms with Gasteiger partial charge in [-0.3, -0.25) is 4.99 Å². The Kier molecular flexibility index (Phi) is 9.41. The van der Waals surface area contributed by atoms with Crippen LogP contribution in [0.25, 0.3) is 0 Å². The van der Waals surface area contributed by atoms with Gasteiger partial charge in [0, 0.05) is 33.4 Å². The maximum absolute atomic E-state index is 5.61. The molecule has 6 heteroatoms. The molecule has 6 nitrogen and oxygen atoms in total. The molecule has 0 atom stereocenters. The van der Waals surface area contributed by atoms with Crippen LogP contribution in [-0.4, -0.2) is 53.5 Å². The first-order valence-electron chi connectivity index (χ1n) is 10.4. The molecule has 1 aliphatic carbocycles. The molecular formula is C22H37N3O3. The molecule has 0 spiro atoms. The number of rotatable bonds is 11. The SMILES string of the molecule is CCOCCC1(CNC(=NC)NCCc2ccc(OC)c(OC)c2)CCCC1. The average molecular weight is 392 g/mol. The maximum atomic E-state index is 5.61. The summed E-state index contributed by atoms with van der Waals surface area (Å²) in [5.74, 6) is 2.38. The third-order valence-electron chi connectivity index (χ3n) is 5.65. The van der Waals surface area contributed by atoms with Crippen LogP contribution in [0, 0.1) is 5.41 Å². The molecule has 0 saturated heterocycles. The van der Waals surface area contributed by atoms with E-state index in [9.17, 15) is 0 Å². The minimum atomic E-state index is 0.343. The first kappa shape index (κ1) is 22.3. The fourth-order valence-electron chi connectivity index (χ4n) is 3.93. The molecule has 2 N–H and O–H groups in total. The second-order valence-corrected chi connectivity index (χ2v) is 7.45. The van der Waals surface area contributed by atoms with E-state index in [0.29, 0.717) is 5.41 Å². The Balaban J connectivity index is 1.81. The van der Waals surface area contributed by atoms with Crippen molar-refractivity contribution in [2.75, 3.05) is 47.6 Å². The lowest BCUT2D eigenvalue weighted by Crippen LogP contribution is -2.44. The van der Waals surface area contributed by atoms with Gasteiger partial charge in [0.15, 0.2) is 17.5 Å². The lowest BCUT2D eigenvalue weighted by atomic mass is 9.83. The summed E-state index contributed by atoms with van der Waals surface area (Å²) in [7, 11) is 5.14. The standard InChI is InChI=1S/C22H37N3O3/c1-5-28-15-13-22(11-6-7-12-22)17-25-21(23-2)24-14-10-18-8-9-19(26-3)20(16-18)27-4/h8-9,16H,5-7,10-15,17H2,1-4H3,(H2,23,24,25). The third kappa shape index (κ3) is 6.59. The minimum Gasteiger partial charge on any atom is -0.493 e. The number of nitrogens with zero attached hydrogens (tertiary/aromatic N) is 1. The quantitative estimate of drug-likeness (QED) is 0.344. The molecule has 0 unspecified atom stereocenters. The molecule has 1 aromatic rings. The Morgan fingerprint density at radius 1 is 1.11 bits per heavy atom. The van der Waals surface area contributed by atoms with E-state index in [0.717, 1.165) is 56.6 Å². The van der Waals surface area contributed by atoms with Crippen LogP contribution in [0.5, 0.6) is 11.5 Å². The highest BCUT2D eigenvalue weighted by Gasteiger charge is 2.33. The highest BCUT2D eigenvalue weighted by molar-refractivity contribution is 5.79. The van der Waals surface area contributed by atoms with Crippen molar-refractivity contribution >= 4 is 5.96 Å². The molecule has 28 heavy (non-hydrogen) atoms. The number of ether oxygens (including phenoxy) is 3. The Labute approximate surface area is 170 Å². The zero-order valence-corrected chi connectivity index (χ0v) is 18.0. The van der Waals surface area contributed by atoms with Gasteiger partial charge in [-0.05, 0) is 55.7 Å². The molecule has 1 fully saturated rings. The topological polar surface area (TPSA) is 64.1 Å². The number of methoxy groups -OCH3 is 2. The summed E-state index contributed by atoms with van der Waals surface area (Å²) in [5, 5.41) is 6.97. The zero-order valence-electron chi connectivity index (χ0n) is 18.0. The molecule has 2 rings (SSSR count). The summed E-state index contributed by atoms with van der Waals surface area (Å²) in [5.41, 5.74) is 1.54. The van der Waals surface area contributed by atoms with Crippen LogP contribution in [0.1, 0.15) is 44.6 Å². The van der Waals surface area contributed by atoms with Crippen molar-refractivity contribution in [1.82, 2.24) is 10.6 Å². The minimum absolute atomic E-state index is 0.343. The lowest BCUT2D eigenvalue weighted by molar-refractivity contribution is 0.105. The summed E-state index contributed by atoms with van der Waals surface area (Å²) in [6.45, 7) is 5.47. The number of aliphatic imine (C=N–C) groups is 1. The summed E-state index contributed by atoms with van der Waals surface area (Å²) in [4.78, 5) is 4.39. The maximum Gasteiger partial charge on any atom is 0.191 e. The first-order chi connectivity index (χ1) is 13.7. The van der Waals surface area contributed by atoms with E-state index in [1.165, 1.54) is 31.2 Å².